The van der Waals surface area contributed by atoms with Crippen LogP contribution in [0.5, 0.6) is 0 Å². The molecule has 0 bridgehead atoms. The van der Waals surface area contributed by atoms with Crippen LogP contribution in [0.15, 0.2) is 30.3 Å². The maximum atomic E-state index is 13.3. The highest BCUT2D eigenvalue weighted by Gasteiger charge is 2.35. The average molecular weight is 425 g/mol. The van der Waals surface area contributed by atoms with Crippen LogP contribution < -0.4 is 0 Å². The SMILES string of the molecule is CCc1ccc(C2CC(c3cc(C4CC4)[nH]n3)CN(C(=O)N3CCSCC3)C2)cc1. The van der Waals surface area contributed by atoms with E-state index in [0.717, 1.165) is 56.2 Å². The predicted octanol–water partition coefficient (Wildman–Crippen LogP) is 4.59. The number of benzene rings is 1. The monoisotopic (exact) mass is 424 g/mol. The largest absolute Gasteiger partial charge is 0.323 e. The highest BCUT2D eigenvalue weighted by molar-refractivity contribution is 7.99. The maximum absolute atomic E-state index is 13.3. The van der Waals surface area contributed by atoms with Crippen molar-refractivity contribution in [2.24, 2.45) is 0 Å². The number of rotatable bonds is 4. The fraction of sp³-hybridized carbons (Fsp3) is 0.583. The topological polar surface area (TPSA) is 52.2 Å². The van der Waals surface area contributed by atoms with E-state index in [9.17, 15) is 4.79 Å². The van der Waals surface area contributed by atoms with Crippen LogP contribution in [-0.2, 0) is 6.42 Å². The van der Waals surface area contributed by atoms with E-state index in [1.54, 1.807) is 0 Å². The summed E-state index contributed by atoms with van der Waals surface area (Å²) < 4.78 is 0. The lowest BCUT2D eigenvalue weighted by atomic mass is 9.82. The van der Waals surface area contributed by atoms with Crippen LogP contribution in [0, 0.1) is 0 Å². The molecule has 1 saturated carbocycles. The van der Waals surface area contributed by atoms with E-state index in [1.165, 1.54) is 29.7 Å². The van der Waals surface area contributed by atoms with Crippen molar-refractivity contribution in [1.82, 2.24) is 20.0 Å². The number of nitrogens with one attached hydrogen (secondary N) is 1. The molecule has 3 heterocycles. The van der Waals surface area contributed by atoms with Crippen molar-refractivity contribution < 1.29 is 4.79 Å². The first kappa shape index (κ1) is 20.0. The number of aromatic nitrogens is 2. The number of carbonyl (C=O) groups is 1. The Balaban J connectivity index is 1.38. The van der Waals surface area contributed by atoms with E-state index in [-0.39, 0.29) is 6.03 Å². The fourth-order valence-corrected chi connectivity index (χ4v) is 5.76. The van der Waals surface area contributed by atoms with Gasteiger partial charge < -0.3 is 9.80 Å². The van der Waals surface area contributed by atoms with Gasteiger partial charge in [0.05, 0.1) is 5.69 Å². The number of carbonyl (C=O) groups excluding carboxylic acids is 1. The third kappa shape index (κ3) is 4.25. The highest BCUT2D eigenvalue weighted by atomic mass is 32.2. The first-order chi connectivity index (χ1) is 14.7. The molecule has 0 radical (unpaired) electrons. The van der Waals surface area contributed by atoms with Gasteiger partial charge >= 0.3 is 6.03 Å². The van der Waals surface area contributed by atoms with Crippen molar-refractivity contribution in [3.05, 3.63) is 52.8 Å². The lowest BCUT2D eigenvalue weighted by Crippen LogP contribution is -2.51. The van der Waals surface area contributed by atoms with Gasteiger partial charge in [-0.1, -0.05) is 31.2 Å². The molecule has 1 aromatic carbocycles. The van der Waals surface area contributed by atoms with Crippen LogP contribution >= 0.6 is 11.8 Å². The molecule has 2 unspecified atom stereocenters. The molecule has 6 heteroatoms. The summed E-state index contributed by atoms with van der Waals surface area (Å²) in [7, 11) is 0. The van der Waals surface area contributed by atoms with Crippen molar-refractivity contribution in [2.75, 3.05) is 37.7 Å². The standard InChI is InChI=1S/C24H32N4OS/c1-2-17-3-5-18(6-4-17)20-13-21(23-14-22(25-26-23)19-7-8-19)16-28(15-20)24(29)27-9-11-30-12-10-27/h3-6,14,19-21H,2,7-13,15-16H2,1H3,(H,25,26). The number of piperidine rings is 1. The van der Waals surface area contributed by atoms with Gasteiger partial charge in [-0.2, -0.15) is 16.9 Å². The van der Waals surface area contributed by atoms with Crippen LogP contribution in [0.1, 0.15) is 66.5 Å². The van der Waals surface area contributed by atoms with Gasteiger partial charge in [0, 0.05) is 61.1 Å². The Hall–Kier alpha value is -1.95. The number of hydrogen-bond acceptors (Lipinski definition) is 3. The number of hydrogen-bond donors (Lipinski definition) is 1. The molecule has 2 aliphatic heterocycles. The number of amides is 2. The zero-order valence-electron chi connectivity index (χ0n) is 17.8. The molecule has 160 valence electrons. The third-order valence-electron chi connectivity index (χ3n) is 6.92. The van der Waals surface area contributed by atoms with Gasteiger partial charge in [-0.05, 0) is 42.9 Å². The molecule has 1 aliphatic carbocycles. The minimum absolute atomic E-state index is 0.216. The Labute approximate surface area is 183 Å². The van der Waals surface area contributed by atoms with Gasteiger partial charge in [-0.3, -0.25) is 5.10 Å². The smallest absolute Gasteiger partial charge is 0.320 e. The summed E-state index contributed by atoms with van der Waals surface area (Å²) in [6.45, 7) is 5.52. The Bertz CT molecular complexity index is 870. The Morgan fingerprint density at radius 1 is 1.07 bits per heavy atom. The Morgan fingerprint density at radius 2 is 1.80 bits per heavy atom. The number of likely N-dealkylation sites (tertiary alicyclic amines) is 1. The quantitative estimate of drug-likeness (QED) is 0.781. The number of aromatic amines is 1. The van der Waals surface area contributed by atoms with Crippen LogP contribution in [0.25, 0.3) is 0 Å². The zero-order chi connectivity index (χ0) is 20.5. The minimum atomic E-state index is 0.216. The second kappa shape index (κ2) is 8.66. The summed E-state index contributed by atoms with van der Waals surface area (Å²) in [6, 6.07) is 11.5. The summed E-state index contributed by atoms with van der Waals surface area (Å²) in [6.07, 6.45) is 4.66. The molecule has 0 spiro atoms. The molecule has 5 nitrogen and oxygen atoms in total. The van der Waals surface area contributed by atoms with E-state index in [4.69, 9.17) is 0 Å². The molecule has 3 fully saturated rings. The summed E-state index contributed by atoms with van der Waals surface area (Å²) in [5.41, 5.74) is 5.14. The second-order valence-electron chi connectivity index (χ2n) is 9.03. The summed E-state index contributed by atoms with van der Waals surface area (Å²) in [5, 5.41) is 7.96. The van der Waals surface area contributed by atoms with Crippen LogP contribution in [0.3, 0.4) is 0 Å². The van der Waals surface area contributed by atoms with Crippen LogP contribution in [0.4, 0.5) is 4.79 Å². The average Bonchev–Trinajstić information content (AvgIpc) is 3.55. The maximum Gasteiger partial charge on any atom is 0.320 e. The second-order valence-corrected chi connectivity index (χ2v) is 10.3. The summed E-state index contributed by atoms with van der Waals surface area (Å²) in [4.78, 5) is 17.5. The number of nitrogens with zero attached hydrogens (tertiary/aromatic N) is 3. The minimum Gasteiger partial charge on any atom is -0.323 e. The first-order valence-corrected chi connectivity index (χ1v) is 12.6. The van der Waals surface area contributed by atoms with Gasteiger partial charge in [-0.15, -0.1) is 0 Å². The van der Waals surface area contributed by atoms with E-state index in [0.29, 0.717) is 17.8 Å². The van der Waals surface area contributed by atoms with Crippen LogP contribution in [-0.4, -0.2) is 63.7 Å². The molecule has 2 aromatic rings. The van der Waals surface area contributed by atoms with E-state index >= 15 is 0 Å². The summed E-state index contributed by atoms with van der Waals surface area (Å²) >= 11 is 1.95. The van der Waals surface area contributed by atoms with Crippen LogP contribution in [0.2, 0.25) is 0 Å². The number of H-pyrrole nitrogens is 1. The molecule has 5 rings (SSSR count). The van der Waals surface area contributed by atoms with Crippen molar-refractivity contribution in [2.45, 2.75) is 50.4 Å². The van der Waals surface area contributed by atoms with Gasteiger partial charge in [0.25, 0.3) is 0 Å². The first-order valence-electron chi connectivity index (χ1n) is 11.5. The fourth-order valence-electron chi connectivity index (χ4n) is 4.86. The Kier molecular flexibility index (Phi) is 5.77. The number of aryl methyl sites for hydroxylation is 1. The van der Waals surface area contributed by atoms with Crippen molar-refractivity contribution in [3.8, 4) is 0 Å². The summed E-state index contributed by atoms with van der Waals surface area (Å²) in [5.74, 6) is 3.43. The van der Waals surface area contributed by atoms with Gasteiger partial charge in [-0.25, -0.2) is 4.79 Å². The molecule has 30 heavy (non-hydrogen) atoms. The molecule has 1 aromatic heterocycles. The van der Waals surface area contributed by atoms with E-state index < -0.39 is 0 Å². The van der Waals surface area contributed by atoms with Gasteiger partial charge in [0.1, 0.15) is 0 Å². The van der Waals surface area contributed by atoms with E-state index in [1.807, 2.05) is 11.8 Å². The number of thioether (sulfide) groups is 1. The highest BCUT2D eigenvalue weighted by Crippen LogP contribution is 2.41. The van der Waals surface area contributed by atoms with Gasteiger partial charge in [0.2, 0.25) is 0 Å². The normalized spacial score (nSPS) is 24.8. The third-order valence-corrected chi connectivity index (χ3v) is 7.86. The van der Waals surface area contributed by atoms with Crippen molar-refractivity contribution in [3.63, 3.8) is 0 Å². The zero-order valence-corrected chi connectivity index (χ0v) is 18.7. The van der Waals surface area contributed by atoms with Crippen molar-refractivity contribution >= 4 is 17.8 Å². The molecule has 2 saturated heterocycles. The molecule has 2 atom stereocenters. The molecule has 1 N–H and O–H groups in total. The molecule has 3 aliphatic rings. The molecular weight excluding hydrogens is 392 g/mol. The van der Waals surface area contributed by atoms with Crippen molar-refractivity contribution in [1.29, 1.82) is 0 Å². The molecule has 2 amide bonds. The Morgan fingerprint density at radius 3 is 2.50 bits per heavy atom. The van der Waals surface area contributed by atoms with Gasteiger partial charge in [0.15, 0.2) is 0 Å². The van der Waals surface area contributed by atoms with E-state index in [2.05, 4.69) is 57.3 Å². The predicted molar refractivity (Wildman–Crippen MR) is 122 cm³/mol. The molecular formula is C24H32N4OS. The lowest BCUT2D eigenvalue weighted by Gasteiger charge is -2.40. The number of urea groups is 1. The lowest BCUT2D eigenvalue weighted by molar-refractivity contribution is 0.135.